The summed E-state index contributed by atoms with van der Waals surface area (Å²) in [6.07, 6.45) is 3.74. The van der Waals surface area contributed by atoms with Crippen LogP contribution in [0.4, 0.5) is 4.79 Å². The molecule has 6 nitrogen and oxygen atoms in total. The number of rotatable bonds is 7. The highest BCUT2D eigenvalue weighted by Crippen LogP contribution is 2.05. The van der Waals surface area contributed by atoms with Gasteiger partial charge in [-0.05, 0) is 6.42 Å². The van der Waals surface area contributed by atoms with Gasteiger partial charge in [0.2, 0.25) is 0 Å². The van der Waals surface area contributed by atoms with Gasteiger partial charge < -0.3 is 10.1 Å². The van der Waals surface area contributed by atoms with E-state index in [2.05, 4.69) is 21.9 Å². The van der Waals surface area contributed by atoms with Gasteiger partial charge in [0.05, 0.1) is 19.1 Å². The minimum Gasteiger partial charge on any atom is -0.463 e. The molecule has 17 heavy (non-hydrogen) atoms. The van der Waals surface area contributed by atoms with E-state index in [1.165, 1.54) is 0 Å². The molecule has 1 aliphatic heterocycles. The van der Waals surface area contributed by atoms with Crippen molar-refractivity contribution in [2.45, 2.75) is 45.1 Å². The van der Waals surface area contributed by atoms with E-state index in [-0.39, 0.29) is 25.0 Å². The summed E-state index contributed by atoms with van der Waals surface area (Å²) in [5.74, 6) is -0.309. The maximum absolute atomic E-state index is 11.2. The molecular formula is C11H19NO5. The van der Waals surface area contributed by atoms with E-state index < -0.39 is 6.09 Å². The number of cyclic esters (lactones) is 1. The van der Waals surface area contributed by atoms with E-state index in [0.717, 1.165) is 25.7 Å². The van der Waals surface area contributed by atoms with Gasteiger partial charge >= 0.3 is 12.1 Å². The molecule has 1 N–H and O–H groups in total. The summed E-state index contributed by atoms with van der Waals surface area (Å²) in [6.45, 7) is 2.72. The molecule has 1 fully saturated rings. The molecule has 0 spiro atoms. The number of carbonyl (C=O) groups is 2. The summed E-state index contributed by atoms with van der Waals surface area (Å²) in [5, 5.41) is 2.48. The number of hydrogen-bond acceptors (Lipinski definition) is 5. The summed E-state index contributed by atoms with van der Waals surface area (Å²) in [4.78, 5) is 31.2. The van der Waals surface area contributed by atoms with E-state index >= 15 is 0 Å². The van der Waals surface area contributed by atoms with Crippen LogP contribution < -0.4 is 5.32 Å². The highest BCUT2D eigenvalue weighted by Gasteiger charge is 2.25. The van der Waals surface area contributed by atoms with E-state index in [1.807, 2.05) is 0 Å². The Balaban J connectivity index is 1.96. The normalized spacial score (nSPS) is 18.9. The monoisotopic (exact) mass is 245 g/mol. The van der Waals surface area contributed by atoms with Crippen molar-refractivity contribution < 1.29 is 24.1 Å². The number of esters is 1. The third-order valence-corrected chi connectivity index (χ3v) is 2.40. The second-order valence-corrected chi connectivity index (χ2v) is 3.98. The molecule has 6 heteroatoms. The van der Waals surface area contributed by atoms with Gasteiger partial charge in [0, 0.05) is 0 Å². The minimum absolute atomic E-state index is 0.186. The Morgan fingerprint density at radius 1 is 1.47 bits per heavy atom. The molecule has 1 saturated heterocycles. The lowest BCUT2D eigenvalue weighted by Crippen LogP contribution is -2.35. The standard InChI is InChI=1S/C11H19NO5/c1-2-3-4-5-6-16-17-11(14)12-9-7-10(13)15-8-9/h9H,2-8H2,1H3,(H,12,14). The molecule has 0 aromatic rings. The summed E-state index contributed by atoms with van der Waals surface area (Å²) in [7, 11) is 0. The lowest BCUT2D eigenvalue weighted by molar-refractivity contribution is -0.239. The lowest BCUT2D eigenvalue weighted by atomic mass is 10.2. The van der Waals surface area contributed by atoms with Crippen molar-refractivity contribution in [1.82, 2.24) is 5.32 Å². The molecule has 1 heterocycles. The fourth-order valence-electron chi connectivity index (χ4n) is 1.48. The van der Waals surface area contributed by atoms with E-state index in [0.29, 0.717) is 6.61 Å². The fraction of sp³-hybridized carbons (Fsp3) is 0.818. The van der Waals surface area contributed by atoms with Crippen LogP contribution in [0, 0.1) is 0 Å². The Morgan fingerprint density at radius 2 is 2.29 bits per heavy atom. The Kier molecular flexibility index (Phi) is 6.39. The maximum atomic E-state index is 11.2. The molecule has 98 valence electrons. The quantitative estimate of drug-likeness (QED) is 0.319. The zero-order valence-corrected chi connectivity index (χ0v) is 10.1. The zero-order chi connectivity index (χ0) is 12.5. The second kappa shape index (κ2) is 7.89. The van der Waals surface area contributed by atoms with Gasteiger partial charge in [0.15, 0.2) is 0 Å². The van der Waals surface area contributed by atoms with Crippen LogP contribution in [0.5, 0.6) is 0 Å². The van der Waals surface area contributed by atoms with Crippen LogP contribution in [-0.2, 0) is 19.3 Å². The first-order valence-corrected chi connectivity index (χ1v) is 5.98. The average Bonchev–Trinajstić information content (AvgIpc) is 2.69. The molecule has 0 saturated carbocycles. The summed E-state index contributed by atoms with van der Waals surface area (Å²) >= 11 is 0. The Labute approximate surface area is 101 Å². The molecule has 1 amide bonds. The van der Waals surface area contributed by atoms with E-state index in [1.54, 1.807) is 0 Å². The van der Waals surface area contributed by atoms with Crippen molar-refractivity contribution in [3.63, 3.8) is 0 Å². The molecule has 0 aliphatic carbocycles. The third-order valence-electron chi connectivity index (χ3n) is 2.40. The predicted octanol–water partition coefficient (Wildman–Crippen LogP) is 1.54. The molecule has 1 aliphatic rings. The van der Waals surface area contributed by atoms with Gasteiger partial charge in [-0.1, -0.05) is 26.2 Å². The Bertz CT molecular complexity index is 256. The summed E-state index contributed by atoms with van der Waals surface area (Å²) in [5.41, 5.74) is 0. The van der Waals surface area contributed by atoms with Gasteiger partial charge in [-0.2, -0.15) is 4.89 Å². The number of hydrogen-bond donors (Lipinski definition) is 1. The Morgan fingerprint density at radius 3 is 2.94 bits per heavy atom. The van der Waals surface area contributed by atoms with Gasteiger partial charge in [-0.25, -0.2) is 4.79 Å². The van der Waals surface area contributed by atoms with Crippen LogP contribution in [0.15, 0.2) is 0 Å². The van der Waals surface area contributed by atoms with E-state index in [9.17, 15) is 9.59 Å². The maximum Gasteiger partial charge on any atom is 0.439 e. The van der Waals surface area contributed by atoms with Crippen LogP contribution in [0.1, 0.15) is 39.0 Å². The molecule has 0 radical (unpaired) electrons. The minimum atomic E-state index is -0.677. The molecular weight excluding hydrogens is 226 g/mol. The zero-order valence-electron chi connectivity index (χ0n) is 10.1. The molecule has 1 unspecified atom stereocenters. The van der Waals surface area contributed by atoms with Crippen LogP contribution in [-0.4, -0.2) is 31.3 Å². The van der Waals surface area contributed by atoms with Gasteiger partial charge in [-0.3, -0.25) is 9.68 Å². The van der Waals surface area contributed by atoms with E-state index in [4.69, 9.17) is 4.89 Å². The van der Waals surface area contributed by atoms with Crippen molar-refractivity contribution in [3.05, 3.63) is 0 Å². The second-order valence-electron chi connectivity index (χ2n) is 3.98. The number of nitrogens with one attached hydrogen (secondary N) is 1. The molecule has 0 aromatic carbocycles. The number of unbranched alkanes of at least 4 members (excludes halogenated alkanes) is 3. The SMILES string of the molecule is CCCCCCOOC(=O)NC1COC(=O)C1. The van der Waals surface area contributed by atoms with Gasteiger partial charge in [0.25, 0.3) is 0 Å². The van der Waals surface area contributed by atoms with Crippen LogP contribution in [0.25, 0.3) is 0 Å². The van der Waals surface area contributed by atoms with Gasteiger partial charge in [-0.15, -0.1) is 0 Å². The molecule has 0 aromatic heterocycles. The molecule has 1 atom stereocenters. The highest BCUT2D eigenvalue weighted by atomic mass is 17.2. The first-order chi connectivity index (χ1) is 8.22. The molecule has 0 bridgehead atoms. The summed E-state index contributed by atoms with van der Waals surface area (Å²) < 4.78 is 4.69. The smallest absolute Gasteiger partial charge is 0.439 e. The van der Waals surface area contributed by atoms with Crippen LogP contribution in [0.3, 0.4) is 0 Å². The first-order valence-electron chi connectivity index (χ1n) is 5.98. The van der Waals surface area contributed by atoms with Crippen molar-refractivity contribution in [2.75, 3.05) is 13.2 Å². The Hall–Kier alpha value is -1.30. The lowest BCUT2D eigenvalue weighted by Gasteiger charge is -2.08. The number of carbonyl (C=O) groups excluding carboxylic acids is 2. The highest BCUT2D eigenvalue weighted by molar-refractivity contribution is 5.74. The van der Waals surface area contributed by atoms with Gasteiger partial charge in [0.1, 0.15) is 6.61 Å². The fourth-order valence-corrected chi connectivity index (χ4v) is 1.48. The van der Waals surface area contributed by atoms with Crippen LogP contribution in [0.2, 0.25) is 0 Å². The first kappa shape index (κ1) is 13.8. The number of amides is 1. The average molecular weight is 245 g/mol. The predicted molar refractivity (Wildman–Crippen MR) is 59.1 cm³/mol. The van der Waals surface area contributed by atoms with Crippen LogP contribution >= 0.6 is 0 Å². The largest absolute Gasteiger partial charge is 0.463 e. The van der Waals surface area contributed by atoms with Crippen molar-refractivity contribution in [1.29, 1.82) is 0 Å². The third kappa shape index (κ3) is 6.11. The van der Waals surface area contributed by atoms with Crippen molar-refractivity contribution >= 4 is 12.1 Å². The summed E-state index contributed by atoms with van der Waals surface area (Å²) in [6, 6.07) is -0.307. The topological polar surface area (TPSA) is 73.9 Å². The van der Waals surface area contributed by atoms with Crippen molar-refractivity contribution in [2.24, 2.45) is 0 Å². The number of ether oxygens (including phenoxy) is 1. The molecule has 1 rings (SSSR count). The van der Waals surface area contributed by atoms with Crippen molar-refractivity contribution in [3.8, 4) is 0 Å².